The quantitative estimate of drug-likeness (QED) is 0.720. The van der Waals surface area contributed by atoms with Crippen molar-refractivity contribution in [3.05, 3.63) is 29.3 Å². The minimum atomic E-state index is -4.25. The van der Waals surface area contributed by atoms with Gasteiger partial charge in [-0.15, -0.1) is 0 Å². The number of hydrogen-bond donors (Lipinski definition) is 0. The van der Waals surface area contributed by atoms with Crippen molar-refractivity contribution in [3.63, 3.8) is 0 Å². The number of anilines is 1. The monoisotopic (exact) mass is 243 g/mol. The average Bonchev–Trinajstić information content (AvgIpc) is 2.29. The number of aryl methyl sites for hydroxylation is 1. The van der Waals surface area contributed by atoms with E-state index in [4.69, 9.17) is 0 Å². The van der Waals surface area contributed by atoms with Crippen LogP contribution in [0.15, 0.2) is 18.2 Å². The van der Waals surface area contributed by atoms with Gasteiger partial charge < -0.3 is 4.90 Å². The van der Waals surface area contributed by atoms with Gasteiger partial charge in [-0.05, 0) is 43.9 Å². The second-order valence-corrected chi connectivity index (χ2v) is 4.54. The van der Waals surface area contributed by atoms with E-state index in [1.807, 2.05) is 4.90 Å². The van der Waals surface area contributed by atoms with Crippen molar-refractivity contribution in [2.24, 2.45) is 0 Å². The summed E-state index contributed by atoms with van der Waals surface area (Å²) < 4.78 is 38.3. The lowest BCUT2D eigenvalue weighted by Gasteiger charge is -2.29. The molecular weight excluding hydrogens is 227 g/mol. The Labute approximate surface area is 99.2 Å². The maximum absolute atomic E-state index is 12.8. The summed E-state index contributed by atoms with van der Waals surface area (Å²) in [6.45, 7) is 3.23. The van der Waals surface area contributed by atoms with E-state index in [-0.39, 0.29) is 0 Å². The minimum Gasteiger partial charge on any atom is -0.372 e. The Kier molecular flexibility index (Phi) is 3.31. The summed E-state index contributed by atoms with van der Waals surface area (Å²) in [5, 5.41) is 0. The first kappa shape index (κ1) is 12.3. The molecule has 0 aliphatic carbocycles. The van der Waals surface area contributed by atoms with Crippen molar-refractivity contribution in [2.75, 3.05) is 18.0 Å². The summed E-state index contributed by atoms with van der Waals surface area (Å²) in [6.07, 6.45) is -0.950. The Morgan fingerprint density at radius 3 is 2.29 bits per heavy atom. The molecule has 0 unspecified atom stereocenters. The second kappa shape index (κ2) is 4.59. The molecule has 0 N–H and O–H groups in total. The van der Waals surface area contributed by atoms with E-state index < -0.39 is 11.7 Å². The van der Waals surface area contributed by atoms with Crippen LogP contribution in [0.4, 0.5) is 18.9 Å². The van der Waals surface area contributed by atoms with Crippen molar-refractivity contribution < 1.29 is 13.2 Å². The lowest BCUT2D eigenvalue weighted by Crippen LogP contribution is -2.29. The zero-order valence-electron chi connectivity index (χ0n) is 9.85. The van der Waals surface area contributed by atoms with Crippen molar-refractivity contribution >= 4 is 5.69 Å². The molecule has 0 saturated carbocycles. The van der Waals surface area contributed by atoms with E-state index in [0.717, 1.165) is 25.9 Å². The van der Waals surface area contributed by atoms with Gasteiger partial charge >= 0.3 is 6.18 Å². The van der Waals surface area contributed by atoms with Gasteiger partial charge in [0.05, 0.1) is 5.56 Å². The smallest absolute Gasteiger partial charge is 0.372 e. The predicted octanol–water partition coefficient (Wildman–Crippen LogP) is 4.00. The van der Waals surface area contributed by atoms with E-state index in [2.05, 4.69) is 0 Å². The molecule has 94 valence electrons. The van der Waals surface area contributed by atoms with Crippen LogP contribution >= 0.6 is 0 Å². The molecule has 0 atom stereocenters. The van der Waals surface area contributed by atoms with E-state index >= 15 is 0 Å². The molecule has 0 radical (unpaired) electrons. The third-order valence-corrected chi connectivity index (χ3v) is 3.25. The van der Waals surface area contributed by atoms with Gasteiger partial charge in [-0.3, -0.25) is 0 Å². The van der Waals surface area contributed by atoms with Gasteiger partial charge in [0.1, 0.15) is 0 Å². The lowest BCUT2D eigenvalue weighted by atomic mass is 10.0. The van der Waals surface area contributed by atoms with Crippen LogP contribution in [0.3, 0.4) is 0 Å². The van der Waals surface area contributed by atoms with E-state index in [1.54, 1.807) is 12.1 Å². The highest BCUT2D eigenvalue weighted by atomic mass is 19.4. The SMILES string of the molecule is Cc1ccc(N2CCCCC2)cc1C(F)(F)F. The van der Waals surface area contributed by atoms with Crippen molar-refractivity contribution in [1.29, 1.82) is 0 Å². The van der Waals surface area contributed by atoms with Gasteiger partial charge in [0.2, 0.25) is 0 Å². The molecular formula is C13H16F3N. The van der Waals surface area contributed by atoms with Crippen LogP contribution in [0.2, 0.25) is 0 Å². The molecule has 1 aliphatic rings. The number of hydrogen-bond acceptors (Lipinski definition) is 1. The number of halogens is 3. The molecule has 1 heterocycles. The standard InChI is InChI=1S/C13H16F3N/c1-10-5-6-11(9-12(10)13(14,15)16)17-7-3-2-4-8-17/h5-6,9H,2-4,7-8H2,1H3. The highest BCUT2D eigenvalue weighted by Gasteiger charge is 2.32. The summed E-state index contributed by atoms with van der Waals surface area (Å²) in [5.74, 6) is 0. The largest absolute Gasteiger partial charge is 0.416 e. The molecule has 1 aromatic rings. The predicted molar refractivity (Wildman–Crippen MR) is 62.2 cm³/mol. The van der Waals surface area contributed by atoms with Gasteiger partial charge in [0.15, 0.2) is 0 Å². The number of benzene rings is 1. The van der Waals surface area contributed by atoms with Gasteiger partial charge in [-0.25, -0.2) is 0 Å². The van der Waals surface area contributed by atoms with E-state index in [1.165, 1.54) is 19.4 Å². The number of piperidine rings is 1. The molecule has 0 bridgehead atoms. The fourth-order valence-electron chi connectivity index (χ4n) is 2.26. The minimum absolute atomic E-state index is 0.290. The zero-order valence-corrected chi connectivity index (χ0v) is 9.85. The Bertz CT molecular complexity index is 392. The van der Waals surface area contributed by atoms with Crippen LogP contribution in [-0.4, -0.2) is 13.1 Å². The van der Waals surface area contributed by atoms with Crippen LogP contribution in [0.5, 0.6) is 0 Å². The molecule has 1 saturated heterocycles. The fraction of sp³-hybridized carbons (Fsp3) is 0.538. The van der Waals surface area contributed by atoms with Crippen molar-refractivity contribution in [1.82, 2.24) is 0 Å². The summed E-state index contributed by atoms with van der Waals surface area (Å²) in [7, 11) is 0. The molecule has 4 heteroatoms. The fourth-order valence-corrected chi connectivity index (χ4v) is 2.26. The van der Waals surface area contributed by atoms with Gasteiger partial charge in [0, 0.05) is 18.8 Å². The van der Waals surface area contributed by atoms with Crippen molar-refractivity contribution in [3.8, 4) is 0 Å². The Morgan fingerprint density at radius 2 is 1.71 bits per heavy atom. The molecule has 1 aromatic carbocycles. The van der Waals surface area contributed by atoms with Crippen LogP contribution in [0.25, 0.3) is 0 Å². The number of alkyl halides is 3. The molecule has 1 aliphatic heterocycles. The number of nitrogens with zero attached hydrogens (tertiary/aromatic N) is 1. The summed E-state index contributed by atoms with van der Waals surface area (Å²) in [5.41, 5.74) is 0.474. The molecule has 17 heavy (non-hydrogen) atoms. The average molecular weight is 243 g/mol. The molecule has 1 fully saturated rings. The third kappa shape index (κ3) is 2.73. The van der Waals surface area contributed by atoms with Gasteiger partial charge in [-0.2, -0.15) is 13.2 Å². The Morgan fingerprint density at radius 1 is 1.06 bits per heavy atom. The molecule has 0 aromatic heterocycles. The normalized spacial score (nSPS) is 17.3. The Hall–Kier alpha value is -1.19. The number of rotatable bonds is 1. The lowest BCUT2D eigenvalue weighted by molar-refractivity contribution is -0.138. The summed E-state index contributed by atoms with van der Waals surface area (Å²) >= 11 is 0. The van der Waals surface area contributed by atoms with E-state index in [0.29, 0.717) is 11.3 Å². The molecule has 2 rings (SSSR count). The van der Waals surface area contributed by atoms with E-state index in [9.17, 15) is 13.2 Å². The molecule has 0 spiro atoms. The molecule has 1 nitrogen and oxygen atoms in total. The maximum atomic E-state index is 12.8. The first-order valence-electron chi connectivity index (χ1n) is 5.91. The topological polar surface area (TPSA) is 3.24 Å². The first-order chi connectivity index (χ1) is 7.98. The van der Waals surface area contributed by atoms with Crippen LogP contribution in [-0.2, 0) is 6.18 Å². The third-order valence-electron chi connectivity index (χ3n) is 3.25. The van der Waals surface area contributed by atoms with Gasteiger partial charge in [0.25, 0.3) is 0 Å². The highest BCUT2D eigenvalue weighted by Crippen LogP contribution is 2.34. The summed E-state index contributed by atoms with van der Waals surface area (Å²) in [4.78, 5) is 2.04. The van der Waals surface area contributed by atoms with Crippen molar-refractivity contribution in [2.45, 2.75) is 32.4 Å². The van der Waals surface area contributed by atoms with Crippen LogP contribution in [0, 0.1) is 6.92 Å². The maximum Gasteiger partial charge on any atom is 0.416 e. The summed E-state index contributed by atoms with van der Waals surface area (Å²) in [6, 6.07) is 4.63. The zero-order chi connectivity index (χ0) is 12.5. The molecule has 0 amide bonds. The van der Waals surface area contributed by atoms with Crippen LogP contribution < -0.4 is 4.90 Å². The first-order valence-corrected chi connectivity index (χ1v) is 5.91. The van der Waals surface area contributed by atoms with Gasteiger partial charge in [-0.1, -0.05) is 6.07 Å². The Balaban J connectivity index is 2.30. The van der Waals surface area contributed by atoms with Crippen LogP contribution in [0.1, 0.15) is 30.4 Å². The second-order valence-electron chi connectivity index (χ2n) is 4.54. The highest BCUT2D eigenvalue weighted by molar-refractivity contribution is 5.51.